The van der Waals surface area contributed by atoms with E-state index in [1.165, 1.54) is 6.07 Å². The summed E-state index contributed by atoms with van der Waals surface area (Å²) >= 11 is 0. The molecule has 2 rings (SSSR count). The van der Waals surface area contributed by atoms with Crippen LogP contribution in [0.4, 0.5) is 4.39 Å². The van der Waals surface area contributed by atoms with E-state index in [9.17, 15) is 9.50 Å². The summed E-state index contributed by atoms with van der Waals surface area (Å²) < 4.78 is 13.3. The Morgan fingerprint density at radius 2 is 1.89 bits per heavy atom. The maximum Gasteiger partial charge on any atom is 0.123 e. The lowest BCUT2D eigenvalue weighted by Gasteiger charge is -2.28. The minimum atomic E-state index is -0.660. The van der Waals surface area contributed by atoms with Gasteiger partial charge >= 0.3 is 0 Å². The predicted octanol–water partition coefficient (Wildman–Crippen LogP) is 4.40. The summed E-state index contributed by atoms with van der Waals surface area (Å²) in [5, 5.41) is 10.8. The van der Waals surface area contributed by atoms with E-state index >= 15 is 0 Å². The molecule has 1 N–H and O–H groups in total. The van der Waals surface area contributed by atoms with Gasteiger partial charge in [-0.2, -0.15) is 0 Å². The topological polar surface area (TPSA) is 20.2 Å². The fourth-order valence-corrected chi connectivity index (χ4v) is 3.08. The summed E-state index contributed by atoms with van der Waals surface area (Å²) in [6.45, 7) is 6.52. The zero-order chi connectivity index (χ0) is 14.1. The number of rotatable bonds is 2. The Labute approximate surface area is 115 Å². The van der Waals surface area contributed by atoms with Crippen LogP contribution in [-0.2, 0) is 6.42 Å². The monoisotopic (exact) mass is 264 g/mol. The zero-order valence-electron chi connectivity index (χ0n) is 12.3. The molecule has 0 heterocycles. The van der Waals surface area contributed by atoms with Crippen LogP contribution in [0.1, 0.15) is 57.1 Å². The molecule has 0 bridgehead atoms. The van der Waals surface area contributed by atoms with Gasteiger partial charge in [0.2, 0.25) is 0 Å². The summed E-state index contributed by atoms with van der Waals surface area (Å²) in [7, 11) is 0. The van der Waals surface area contributed by atoms with E-state index < -0.39 is 5.60 Å². The van der Waals surface area contributed by atoms with Crippen LogP contribution in [0.3, 0.4) is 0 Å². The largest absolute Gasteiger partial charge is 0.390 e. The van der Waals surface area contributed by atoms with Gasteiger partial charge in [-0.05, 0) is 61.3 Å². The van der Waals surface area contributed by atoms with Gasteiger partial charge in [-0.3, -0.25) is 0 Å². The van der Waals surface area contributed by atoms with Crippen molar-refractivity contribution in [1.82, 2.24) is 0 Å². The number of hydrogen-bond acceptors (Lipinski definition) is 1. The van der Waals surface area contributed by atoms with E-state index in [1.54, 1.807) is 12.1 Å². The molecule has 1 aliphatic rings. The molecule has 1 nitrogen and oxygen atoms in total. The van der Waals surface area contributed by atoms with Crippen LogP contribution in [0, 0.1) is 18.2 Å². The molecule has 1 unspecified atom stereocenters. The van der Waals surface area contributed by atoms with E-state index in [0.29, 0.717) is 11.8 Å². The van der Waals surface area contributed by atoms with Crippen LogP contribution in [0.15, 0.2) is 18.2 Å². The summed E-state index contributed by atoms with van der Waals surface area (Å²) in [6, 6.07) is 4.86. The van der Waals surface area contributed by atoms with Gasteiger partial charge in [0.25, 0.3) is 0 Å². The number of aryl methyl sites for hydroxylation is 1. The molecule has 0 spiro atoms. The molecule has 2 heteroatoms. The van der Waals surface area contributed by atoms with Crippen molar-refractivity contribution in [3.63, 3.8) is 0 Å². The van der Waals surface area contributed by atoms with Crippen LogP contribution in [0.2, 0.25) is 0 Å². The highest BCUT2D eigenvalue weighted by Crippen LogP contribution is 2.39. The molecule has 1 saturated carbocycles. The van der Waals surface area contributed by atoms with Crippen molar-refractivity contribution in [3.8, 4) is 0 Å². The van der Waals surface area contributed by atoms with Gasteiger partial charge in [-0.25, -0.2) is 4.39 Å². The fourth-order valence-electron chi connectivity index (χ4n) is 3.08. The van der Waals surface area contributed by atoms with E-state index in [1.807, 2.05) is 6.92 Å². The average Bonchev–Trinajstić information content (AvgIpc) is 2.44. The van der Waals surface area contributed by atoms with Crippen molar-refractivity contribution in [1.29, 1.82) is 0 Å². The van der Waals surface area contributed by atoms with Gasteiger partial charge in [-0.15, -0.1) is 0 Å². The first-order chi connectivity index (χ1) is 8.80. The molecule has 1 aliphatic carbocycles. The Morgan fingerprint density at radius 1 is 1.16 bits per heavy atom. The van der Waals surface area contributed by atoms with E-state index in [0.717, 1.165) is 43.2 Å². The van der Waals surface area contributed by atoms with E-state index in [2.05, 4.69) is 13.8 Å². The maximum absolute atomic E-state index is 13.3. The number of benzene rings is 1. The highest BCUT2D eigenvalue weighted by molar-refractivity contribution is 5.28. The standard InChI is InChI=1S/C17H25FO/c1-13-5-6-15(18)11-14(13)12-17(19)8-4-7-16(2,3)9-10-17/h5-6,11,19H,4,7-10,12H2,1-3H3. The first kappa shape index (κ1) is 14.5. The SMILES string of the molecule is Cc1ccc(F)cc1CC1(O)CCCC(C)(C)CC1. The van der Waals surface area contributed by atoms with E-state index in [4.69, 9.17) is 0 Å². The van der Waals surface area contributed by atoms with Crippen molar-refractivity contribution >= 4 is 0 Å². The molecule has 0 radical (unpaired) electrons. The van der Waals surface area contributed by atoms with Crippen LogP contribution in [0.25, 0.3) is 0 Å². The highest BCUT2D eigenvalue weighted by atomic mass is 19.1. The van der Waals surface area contributed by atoms with Gasteiger partial charge in [-0.1, -0.05) is 26.3 Å². The second-order valence-corrected chi connectivity index (χ2v) is 6.99. The third-order valence-corrected chi connectivity index (χ3v) is 4.59. The van der Waals surface area contributed by atoms with Crippen molar-refractivity contribution in [2.75, 3.05) is 0 Å². The molecule has 1 aromatic rings. The summed E-state index contributed by atoms with van der Waals surface area (Å²) in [5.41, 5.74) is 1.67. The number of halogens is 1. The normalized spacial score (nSPS) is 27.0. The second-order valence-electron chi connectivity index (χ2n) is 6.99. The predicted molar refractivity (Wildman–Crippen MR) is 76.7 cm³/mol. The Hall–Kier alpha value is -0.890. The van der Waals surface area contributed by atoms with Gasteiger partial charge in [0.05, 0.1) is 5.60 Å². The molecule has 0 amide bonds. The molecule has 0 aromatic heterocycles. The molecule has 1 fully saturated rings. The van der Waals surface area contributed by atoms with Gasteiger partial charge < -0.3 is 5.11 Å². The molecule has 0 aliphatic heterocycles. The zero-order valence-corrected chi connectivity index (χ0v) is 12.3. The lowest BCUT2D eigenvalue weighted by Crippen LogP contribution is -2.31. The fraction of sp³-hybridized carbons (Fsp3) is 0.647. The maximum atomic E-state index is 13.3. The van der Waals surface area contributed by atoms with Crippen molar-refractivity contribution < 1.29 is 9.50 Å². The van der Waals surface area contributed by atoms with Crippen LogP contribution in [0.5, 0.6) is 0 Å². The molecule has 106 valence electrons. The molecule has 0 saturated heterocycles. The first-order valence-electron chi connectivity index (χ1n) is 7.27. The Bertz CT molecular complexity index is 453. The highest BCUT2D eigenvalue weighted by Gasteiger charge is 2.34. The Morgan fingerprint density at radius 3 is 2.63 bits per heavy atom. The molecular weight excluding hydrogens is 239 g/mol. The van der Waals surface area contributed by atoms with Crippen molar-refractivity contribution in [2.24, 2.45) is 5.41 Å². The molecular formula is C17H25FO. The van der Waals surface area contributed by atoms with E-state index in [-0.39, 0.29) is 5.82 Å². The van der Waals surface area contributed by atoms with Gasteiger partial charge in [0.1, 0.15) is 5.82 Å². The lowest BCUT2D eigenvalue weighted by atomic mass is 9.82. The van der Waals surface area contributed by atoms with Crippen LogP contribution in [-0.4, -0.2) is 10.7 Å². The average molecular weight is 264 g/mol. The minimum Gasteiger partial charge on any atom is -0.390 e. The quantitative estimate of drug-likeness (QED) is 0.785. The Balaban J connectivity index is 2.14. The summed E-state index contributed by atoms with van der Waals surface area (Å²) in [4.78, 5) is 0. The van der Waals surface area contributed by atoms with Crippen LogP contribution >= 0.6 is 0 Å². The number of hydrogen-bond donors (Lipinski definition) is 1. The van der Waals surface area contributed by atoms with Crippen molar-refractivity contribution in [2.45, 2.75) is 64.9 Å². The summed E-state index contributed by atoms with van der Waals surface area (Å²) in [6.07, 6.45) is 5.47. The Kier molecular flexibility index (Phi) is 4.00. The van der Waals surface area contributed by atoms with Gasteiger partial charge in [0, 0.05) is 6.42 Å². The lowest BCUT2D eigenvalue weighted by molar-refractivity contribution is 0.0224. The minimum absolute atomic E-state index is 0.210. The van der Waals surface area contributed by atoms with Crippen molar-refractivity contribution in [3.05, 3.63) is 35.1 Å². The second kappa shape index (κ2) is 5.24. The molecule has 1 aromatic carbocycles. The molecule has 1 atom stereocenters. The summed E-state index contributed by atoms with van der Waals surface area (Å²) in [5.74, 6) is -0.210. The van der Waals surface area contributed by atoms with Gasteiger partial charge in [0.15, 0.2) is 0 Å². The smallest absolute Gasteiger partial charge is 0.123 e. The first-order valence-corrected chi connectivity index (χ1v) is 7.27. The molecule has 19 heavy (non-hydrogen) atoms. The van der Waals surface area contributed by atoms with Crippen LogP contribution < -0.4 is 0 Å². The third kappa shape index (κ3) is 3.79. The third-order valence-electron chi connectivity index (χ3n) is 4.59. The number of aliphatic hydroxyl groups is 1.